The predicted octanol–water partition coefficient (Wildman–Crippen LogP) is 2.78. The highest BCUT2D eigenvalue weighted by Gasteiger charge is 2.41. The fraction of sp³-hybridized carbons (Fsp3) is 0.667. The third-order valence-electron chi connectivity index (χ3n) is 5.74. The zero-order valence-electron chi connectivity index (χ0n) is 19.0. The number of benzene rings is 1. The van der Waals surface area contributed by atoms with E-state index in [4.69, 9.17) is 4.74 Å². The molecule has 0 spiro atoms. The highest BCUT2D eigenvalue weighted by Crippen LogP contribution is 2.25. The zero-order chi connectivity index (χ0) is 21.7. The number of ether oxygens (including phenoxy) is 1. The van der Waals surface area contributed by atoms with Crippen LogP contribution in [-0.4, -0.2) is 81.6 Å². The molecule has 2 rings (SSSR count). The van der Waals surface area contributed by atoms with Crippen LogP contribution in [0.3, 0.4) is 0 Å². The minimum atomic E-state index is -3.09. The maximum atomic E-state index is 12.3. The first-order valence-corrected chi connectivity index (χ1v) is 11.9. The van der Waals surface area contributed by atoms with Gasteiger partial charge in [0.2, 0.25) is 0 Å². The van der Waals surface area contributed by atoms with Gasteiger partial charge in [0.1, 0.15) is 5.75 Å². The SMILES string of the molecule is CCN(CC)C(CNC(=NC)N1CCS(=O)(=O)C(C)(C)C1)c1cccc(OC)c1.I. The van der Waals surface area contributed by atoms with Gasteiger partial charge < -0.3 is 15.0 Å². The lowest BCUT2D eigenvalue weighted by Gasteiger charge is -2.40. The molecule has 1 aromatic carbocycles. The Bertz CT molecular complexity index is 810. The van der Waals surface area contributed by atoms with Crippen molar-refractivity contribution in [2.75, 3.05) is 52.6 Å². The number of nitrogens with one attached hydrogen (secondary N) is 1. The minimum absolute atomic E-state index is 0. The Morgan fingerprint density at radius 3 is 2.53 bits per heavy atom. The summed E-state index contributed by atoms with van der Waals surface area (Å²) < 4.78 is 29.3. The Labute approximate surface area is 199 Å². The molecule has 1 fully saturated rings. The van der Waals surface area contributed by atoms with Crippen molar-refractivity contribution in [3.63, 3.8) is 0 Å². The van der Waals surface area contributed by atoms with Gasteiger partial charge in [-0.2, -0.15) is 0 Å². The van der Waals surface area contributed by atoms with Gasteiger partial charge >= 0.3 is 0 Å². The molecule has 1 N–H and O–H groups in total. The zero-order valence-corrected chi connectivity index (χ0v) is 22.2. The lowest BCUT2D eigenvalue weighted by molar-refractivity contribution is 0.216. The molecule has 0 saturated carbocycles. The van der Waals surface area contributed by atoms with Gasteiger partial charge in [-0.1, -0.05) is 26.0 Å². The van der Waals surface area contributed by atoms with Crippen LogP contribution in [0.4, 0.5) is 0 Å². The number of hydrogen-bond donors (Lipinski definition) is 1. The van der Waals surface area contributed by atoms with Gasteiger partial charge in [-0.25, -0.2) is 8.42 Å². The molecular weight excluding hydrogens is 515 g/mol. The van der Waals surface area contributed by atoms with Crippen LogP contribution in [0.25, 0.3) is 0 Å². The van der Waals surface area contributed by atoms with Crippen molar-refractivity contribution in [2.45, 2.75) is 38.5 Å². The number of likely N-dealkylation sites (N-methyl/N-ethyl adjacent to an activating group) is 1. The van der Waals surface area contributed by atoms with Crippen molar-refractivity contribution in [3.8, 4) is 5.75 Å². The fourth-order valence-electron chi connectivity index (χ4n) is 3.82. The molecule has 0 radical (unpaired) electrons. The molecule has 0 amide bonds. The summed E-state index contributed by atoms with van der Waals surface area (Å²) in [6.07, 6.45) is 0. The Morgan fingerprint density at radius 2 is 2.00 bits per heavy atom. The summed E-state index contributed by atoms with van der Waals surface area (Å²) in [6, 6.07) is 8.30. The number of guanidine groups is 1. The number of methoxy groups -OCH3 is 1. The second-order valence-corrected chi connectivity index (χ2v) is 10.7. The van der Waals surface area contributed by atoms with Crippen molar-refractivity contribution >= 4 is 39.8 Å². The monoisotopic (exact) mass is 552 g/mol. The fourth-order valence-corrected chi connectivity index (χ4v) is 5.18. The molecule has 0 aromatic heterocycles. The molecule has 1 heterocycles. The molecule has 7 nitrogen and oxygen atoms in total. The standard InChI is InChI=1S/C21H36N4O3S.HI/c1-7-24(8-2)19(17-10-9-11-18(14-17)28-6)15-23-20(22-5)25-12-13-29(26,27)21(3,4)16-25;/h9-11,14,19H,7-8,12-13,15-16H2,1-6H3,(H,22,23);1H. The highest BCUT2D eigenvalue weighted by molar-refractivity contribution is 14.0. The Morgan fingerprint density at radius 1 is 1.33 bits per heavy atom. The van der Waals surface area contributed by atoms with Crippen LogP contribution in [0.5, 0.6) is 5.75 Å². The van der Waals surface area contributed by atoms with Gasteiger partial charge in [0.15, 0.2) is 15.8 Å². The predicted molar refractivity (Wildman–Crippen MR) is 135 cm³/mol. The van der Waals surface area contributed by atoms with E-state index in [9.17, 15) is 8.42 Å². The van der Waals surface area contributed by atoms with E-state index in [0.29, 0.717) is 19.6 Å². The maximum absolute atomic E-state index is 12.3. The third kappa shape index (κ3) is 6.23. The van der Waals surface area contributed by atoms with E-state index in [2.05, 4.69) is 41.2 Å². The average molecular weight is 553 g/mol. The molecule has 1 aromatic rings. The average Bonchev–Trinajstić information content (AvgIpc) is 2.70. The molecule has 1 saturated heterocycles. The van der Waals surface area contributed by atoms with Gasteiger partial charge in [0, 0.05) is 26.7 Å². The van der Waals surface area contributed by atoms with E-state index in [1.165, 1.54) is 5.56 Å². The van der Waals surface area contributed by atoms with E-state index >= 15 is 0 Å². The smallest absolute Gasteiger partial charge is 0.193 e. The van der Waals surface area contributed by atoms with Crippen molar-refractivity contribution in [2.24, 2.45) is 4.99 Å². The largest absolute Gasteiger partial charge is 0.497 e. The molecule has 1 aliphatic heterocycles. The first-order valence-electron chi connectivity index (χ1n) is 10.2. The Hall–Kier alpha value is -1.07. The lowest BCUT2D eigenvalue weighted by atomic mass is 10.0. The van der Waals surface area contributed by atoms with Gasteiger partial charge in [0.25, 0.3) is 0 Å². The summed E-state index contributed by atoms with van der Waals surface area (Å²) in [5, 5.41) is 3.49. The van der Waals surface area contributed by atoms with Crippen LogP contribution in [0.15, 0.2) is 29.3 Å². The molecule has 1 aliphatic rings. The van der Waals surface area contributed by atoms with Crippen LogP contribution in [0.1, 0.15) is 39.3 Å². The van der Waals surface area contributed by atoms with Gasteiger partial charge in [-0.15, -0.1) is 24.0 Å². The second-order valence-electron chi connectivity index (χ2n) is 7.94. The topological polar surface area (TPSA) is 74.2 Å². The summed E-state index contributed by atoms with van der Waals surface area (Å²) in [7, 11) is 0.339. The molecule has 172 valence electrons. The van der Waals surface area contributed by atoms with Crippen LogP contribution in [0, 0.1) is 0 Å². The van der Waals surface area contributed by atoms with Gasteiger partial charge in [-0.3, -0.25) is 9.89 Å². The van der Waals surface area contributed by atoms with Crippen molar-refractivity contribution in [1.82, 2.24) is 15.1 Å². The van der Waals surface area contributed by atoms with Crippen LogP contribution in [-0.2, 0) is 9.84 Å². The van der Waals surface area contributed by atoms with Gasteiger partial charge in [0.05, 0.1) is 23.7 Å². The molecular formula is C21H37IN4O3S. The van der Waals surface area contributed by atoms with E-state index in [0.717, 1.165) is 24.8 Å². The van der Waals surface area contributed by atoms with E-state index in [1.54, 1.807) is 28.0 Å². The quantitative estimate of drug-likeness (QED) is 0.319. The number of halogens is 1. The molecule has 0 bridgehead atoms. The number of hydrogen-bond acceptors (Lipinski definition) is 5. The molecule has 1 unspecified atom stereocenters. The molecule has 30 heavy (non-hydrogen) atoms. The van der Waals surface area contributed by atoms with Gasteiger partial charge in [-0.05, 0) is 44.6 Å². The van der Waals surface area contributed by atoms with Crippen LogP contribution < -0.4 is 10.1 Å². The number of nitrogens with zero attached hydrogens (tertiary/aromatic N) is 3. The van der Waals surface area contributed by atoms with Crippen molar-refractivity contribution in [3.05, 3.63) is 29.8 Å². The first kappa shape index (κ1) is 27.0. The number of aliphatic imine (C=N–C) groups is 1. The van der Waals surface area contributed by atoms with Crippen molar-refractivity contribution in [1.29, 1.82) is 0 Å². The summed E-state index contributed by atoms with van der Waals surface area (Å²) in [5.41, 5.74) is 1.18. The van der Waals surface area contributed by atoms with E-state index in [1.807, 2.05) is 17.0 Å². The minimum Gasteiger partial charge on any atom is -0.497 e. The van der Waals surface area contributed by atoms with Crippen LogP contribution >= 0.6 is 24.0 Å². The highest BCUT2D eigenvalue weighted by atomic mass is 127. The summed E-state index contributed by atoms with van der Waals surface area (Å²) in [6.45, 7) is 11.3. The first-order chi connectivity index (χ1) is 13.7. The normalized spacial score (nSPS) is 19.2. The summed E-state index contributed by atoms with van der Waals surface area (Å²) in [4.78, 5) is 8.86. The lowest BCUT2D eigenvalue weighted by Crippen LogP contribution is -2.57. The molecule has 9 heteroatoms. The Balaban J connectivity index is 0.00000450. The molecule has 0 aliphatic carbocycles. The second kappa shape index (κ2) is 11.5. The summed E-state index contributed by atoms with van der Waals surface area (Å²) in [5.74, 6) is 1.73. The third-order valence-corrected chi connectivity index (χ3v) is 8.27. The maximum Gasteiger partial charge on any atom is 0.193 e. The number of sulfone groups is 1. The van der Waals surface area contributed by atoms with E-state index < -0.39 is 14.6 Å². The Kier molecular flexibility index (Phi) is 10.4. The van der Waals surface area contributed by atoms with E-state index in [-0.39, 0.29) is 35.8 Å². The summed E-state index contributed by atoms with van der Waals surface area (Å²) >= 11 is 0. The number of rotatable bonds is 7. The molecule has 1 atom stereocenters. The van der Waals surface area contributed by atoms with Crippen molar-refractivity contribution < 1.29 is 13.2 Å². The van der Waals surface area contributed by atoms with Crippen LogP contribution in [0.2, 0.25) is 0 Å².